The molecule has 0 radical (unpaired) electrons. The van der Waals surface area contributed by atoms with Crippen LogP contribution in [0, 0.1) is 6.92 Å². The van der Waals surface area contributed by atoms with Crippen molar-refractivity contribution in [3.63, 3.8) is 0 Å². The van der Waals surface area contributed by atoms with Gasteiger partial charge >= 0.3 is 0 Å². The van der Waals surface area contributed by atoms with Crippen LogP contribution in [0.5, 0.6) is 0 Å². The summed E-state index contributed by atoms with van der Waals surface area (Å²) in [7, 11) is 0. The van der Waals surface area contributed by atoms with Crippen LogP contribution >= 0.6 is 11.6 Å². The number of hydrogen-bond donors (Lipinski definition) is 2. The van der Waals surface area contributed by atoms with Crippen LogP contribution in [0.4, 0.5) is 5.82 Å². The number of nitrogens with one attached hydrogen (secondary N) is 2. The van der Waals surface area contributed by atoms with Crippen molar-refractivity contribution >= 4 is 23.3 Å². The number of amides is 1. The Hall–Kier alpha value is -1.36. The lowest BCUT2D eigenvalue weighted by Crippen LogP contribution is -2.32. The van der Waals surface area contributed by atoms with Crippen molar-refractivity contribution in [2.24, 2.45) is 0 Å². The predicted molar refractivity (Wildman–Crippen MR) is 73.4 cm³/mol. The van der Waals surface area contributed by atoms with Gasteiger partial charge in [-0.25, -0.2) is 9.97 Å². The standard InChI is InChI=1S/C13H17ClN4O/c1-7-11(14)17-13(8-2-3-8)18-12(7)15-6-9-4-5-10(19)16-9/h8-9H,2-6H2,1H3,(H,16,19)(H,15,17,18). The molecule has 1 saturated carbocycles. The highest BCUT2D eigenvalue weighted by molar-refractivity contribution is 6.30. The maximum atomic E-state index is 11.2. The topological polar surface area (TPSA) is 66.9 Å². The minimum Gasteiger partial charge on any atom is -0.368 e. The maximum Gasteiger partial charge on any atom is 0.220 e. The van der Waals surface area contributed by atoms with Gasteiger partial charge in [-0.05, 0) is 26.2 Å². The molecule has 1 atom stereocenters. The second kappa shape index (κ2) is 4.96. The van der Waals surface area contributed by atoms with Gasteiger partial charge < -0.3 is 10.6 Å². The summed E-state index contributed by atoms with van der Waals surface area (Å²) in [6.45, 7) is 2.60. The molecule has 1 aliphatic carbocycles. The molecule has 2 fully saturated rings. The summed E-state index contributed by atoms with van der Waals surface area (Å²) in [6.07, 6.45) is 3.79. The van der Waals surface area contributed by atoms with Crippen molar-refractivity contribution in [1.82, 2.24) is 15.3 Å². The van der Waals surface area contributed by atoms with Crippen molar-refractivity contribution in [3.8, 4) is 0 Å². The summed E-state index contributed by atoms with van der Waals surface area (Å²) in [5.74, 6) is 2.24. The van der Waals surface area contributed by atoms with Gasteiger partial charge in [0.15, 0.2) is 0 Å². The van der Waals surface area contributed by atoms with Gasteiger partial charge in [0.05, 0.1) is 0 Å². The fraction of sp³-hybridized carbons (Fsp3) is 0.615. The lowest BCUT2D eigenvalue weighted by atomic mass is 10.2. The minimum absolute atomic E-state index is 0.128. The Morgan fingerprint density at radius 3 is 2.79 bits per heavy atom. The van der Waals surface area contributed by atoms with Crippen LogP contribution in [0.25, 0.3) is 0 Å². The fourth-order valence-corrected chi connectivity index (χ4v) is 2.43. The number of halogens is 1. The van der Waals surface area contributed by atoms with Crippen molar-refractivity contribution in [3.05, 3.63) is 16.5 Å². The normalized spacial score (nSPS) is 22.4. The molecule has 3 rings (SSSR count). The van der Waals surface area contributed by atoms with E-state index in [9.17, 15) is 4.79 Å². The average molecular weight is 281 g/mol. The quantitative estimate of drug-likeness (QED) is 0.828. The minimum atomic E-state index is 0.128. The summed E-state index contributed by atoms with van der Waals surface area (Å²) >= 11 is 6.15. The Morgan fingerprint density at radius 2 is 2.16 bits per heavy atom. The van der Waals surface area contributed by atoms with Gasteiger partial charge in [0, 0.05) is 30.5 Å². The van der Waals surface area contributed by atoms with Crippen molar-refractivity contribution in [1.29, 1.82) is 0 Å². The van der Waals surface area contributed by atoms with Gasteiger partial charge in [0.25, 0.3) is 0 Å². The molecule has 2 aliphatic rings. The maximum absolute atomic E-state index is 11.2. The highest BCUT2D eigenvalue weighted by Gasteiger charge is 2.28. The van der Waals surface area contributed by atoms with Gasteiger partial charge in [-0.15, -0.1) is 0 Å². The van der Waals surface area contributed by atoms with Gasteiger partial charge in [-0.2, -0.15) is 0 Å². The van der Waals surface area contributed by atoms with Crippen LogP contribution in [0.2, 0.25) is 5.15 Å². The van der Waals surface area contributed by atoms with E-state index >= 15 is 0 Å². The molecule has 102 valence electrons. The first-order valence-corrected chi connectivity index (χ1v) is 7.08. The van der Waals surface area contributed by atoms with Gasteiger partial charge in [-0.1, -0.05) is 11.6 Å². The molecule has 0 bridgehead atoms. The molecule has 5 nitrogen and oxygen atoms in total. The molecule has 1 aliphatic heterocycles. The van der Waals surface area contributed by atoms with E-state index in [4.69, 9.17) is 11.6 Å². The fourth-order valence-electron chi connectivity index (χ4n) is 2.25. The second-order valence-corrected chi connectivity index (χ2v) is 5.66. The number of anilines is 1. The first kappa shape index (κ1) is 12.7. The van der Waals surface area contributed by atoms with Gasteiger partial charge in [-0.3, -0.25) is 4.79 Å². The van der Waals surface area contributed by atoms with Crippen molar-refractivity contribution in [2.75, 3.05) is 11.9 Å². The van der Waals surface area contributed by atoms with Crippen molar-refractivity contribution < 1.29 is 4.79 Å². The van der Waals surface area contributed by atoms with Crippen LogP contribution in [0.15, 0.2) is 0 Å². The van der Waals surface area contributed by atoms with E-state index < -0.39 is 0 Å². The summed E-state index contributed by atoms with van der Waals surface area (Å²) in [4.78, 5) is 20.0. The van der Waals surface area contributed by atoms with Crippen LogP contribution in [0.1, 0.15) is 43.0 Å². The van der Waals surface area contributed by atoms with E-state index in [1.54, 1.807) is 0 Å². The van der Waals surface area contributed by atoms with E-state index in [0.717, 1.165) is 36.5 Å². The van der Waals surface area contributed by atoms with Crippen LogP contribution in [-0.4, -0.2) is 28.5 Å². The molecule has 1 saturated heterocycles. The Labute approximate surface area is 117 Å². The summed E-state index contributed by atoms with van der Waals surface area (Å²) in [5, 5.41) is 6.74. The van der Waals surface area contributed by atoms with Gasteiger partial charge in [0.1, 0.15) is 16.8 Å². The number of aromatic nitrogens is 2. The molecular weight excluding hydrogens is 264 g/mol. The molecule has 6 heteroatoms. The molecule has 1 aromatic heterocycles. The highest BCUT2D eigenvalue weighted by atomic mass is 35.5. The summed E-state index contributed by atoms with van der Waals surface area (Å²) < 4.78 is 0. The molecule has 1 unspecified atom stereocenters. The monoisotopic (exact) mass is 280 g/mol. The molecular formula is C13H17ClN4O. The molecule has 19 heavy (non-hydrogen) atoms. The zero-order valence-corrected chi connectivity index (χ0v) is 11.6. The molecule has 1 amide bonds. The first-order chi connectivity index (χ1) is 9.13. The van der Waals surface area contributed by atoms with E-state index in [2.05, 4.69) is 20.6 Å². The lowest BCUT2D eigenvalue weighted by Gasteiger charge is -2.14. The first-order valence-electron chi connectivity index (χ1n) is 6.70. The predicted octanol–water partition coefficient (Wildman–Crippen LogP) is 2.01. The number of rotatable bonds is 4. The molecule has 1 aromatic rings. The van der Waals surface area contributed by atoms with Crippen LogP contribution in [-0.2, 0) is 4.79 Å². The summed E-state index contributed by atoms with van der Waals surface area (Å²) in [5.41, 5.74) is 0.871. The smallest absolute Gasteiger partial charge is 0.220 e. The van der Waals surface area contributed by atoms with E-state index in [1.165, 1.54) is 0 Å². The Bertz CT molecular complexity index is 516. The number of carbonyl (C=O) groups is 1. The van der Waals surface area contributed by atoms with E-state index in [0.29, 0.717) is 24.0 Å². The number of nitrogens with zero attached hydrogens (tertiary/aromatic N) is 2. The number of hydrogen-bond acceptors (Lipinski definition) is 4. The zero-order valence-electron chi connectivity index (χ0n) is 10.9. The molecule has 2 N–H and O–H groups in total. The van der Waals surface area contributed by atoms with Crippen LogP contribution in [0.3, 0.4) is 0 Å². The SMILES string of the molecule is Cc1c(Cl)nc(C2CC2)nc1NCC1CCC(=O)N1. The lowest BCUT2D eigenvalue weighted by molar-refractivity contribution is -0.119. The summed E-state index contributed by atoms with van der Waals surface area (Å²) in [6, 6.07) is 0.185. The third kappa shape index (κ3) is 2.81. The van der Waals surface area contributed by atoms with Crippen LogP contribution < -0.4 is 10.6 Å². The highest BCUT2D eigenvalue weighted by Crippen LogP contribution is 2.39. The van der Waals surface area contributed by atoms with Crippen molar-refractivity contribution in [2.45, 2.75) is 44.6 Å². The molecule has 2 heterocycles. The zero-order chi connectivity index (χ0) is 13.4. The Kier molecular flexibility index (Phi) is 3.31. The van der Waals surface area contributed by atoms with Gasteiger partial charge in [0.2, 0.25) is 5.91 Å². The average Bonchev–Trinajstić information content (AvgIpc) is 3.15. The van der Waals surface area contributed by atoms with E-state index in [-0.39, 0.29) is 11.9 Å². The third-order valence-electron chi connectivity index (χ3n) is 3.65. The Morgan fingerprint density at radius 1 is 1.37 bits per heavy atom. The van der Waals surface area contributed by atoms with E-state index in [1.807, 2.05) is 6.92 Å². The largest absolute Gasteiger partial charge is 0.368 e. The third-order valence-corrected chi connectivity index (χ3v) is 4.02. The Balaban J connectivity index is 1.70. The molecule has 0 aromatic carbocycles. The molecule has 0 spiro atoms. The second-order valence-electron chi connectivity index (χ2n) is 5.30. The number of carbonyl (C=O) groups excluding carboxylic acids is 1.